The molecular weight excluding hydrogens is 209 g/mol. The molecule has 2 unspecified atom stereocenters. The molecule has 0 heterocycles. The molecule has 0 bridgehead atoms. The van der Waals surface area contributed by atoms with E-state index < -0.39 is 19.5 Å². The predicted molar refractivity (Wildman–Crippen MR) is 53.1 cm³/mol. The van der Waals surface area contributed by atoms with Crippen molar-refractivity contribution in [1.82, 2.24) is 6.15 Å². The van der Waals surface area contributed by atoms with Crippen LogP contribution in [0, 0.1) is 0 Å². The first-order valence-corrected chi connectivity index (χ1v) is 5.68. The summed E-state index contributed by atoms with van der Waals surface area (Å²) >= 11 is 0. The third kappa shape index (κ3) is 5.70. The molecule has 0 aliphatic rings. The fourth-order valence-electron chi connectivity index (χ4n) is 1.10. The third-order valence-electron chi connectivity index (χ3n) is 1.96. The van der Waals surface area contributed by atoms with E-state index in [1.54, 1.807) is 0 Å². The fourth-order valence-corrected chi connectivity index (χ4v) is 1.89. The van der Waals surface area contributed by atoms with E-state index in [9.17, 15) is 9.67 Å². The molecule has 0 fully saturated rings. The van der Waals surface area contributed by atoms with Gasteiger partial charge in [0, 0.05) is 0 Å². The van der Waals surface area contributed by atoms with Crippen molar-refractivity contribution < 1.29 is 24.0 Å². The number of phosphoric ester groups is 1. The van der Waals surface area contributed by atoms with Crippen LogP contribution in [0.4, 0.5) is 0 Å². The van der Waals surface area contributed by atoms with Gasteiger partial charge in [0.2, 0.25) is 0 Å². The van der Waals surface area contributed by atoms with E-state index in [-0.39, 0.29) is 6.15 Å². The van der Waals surface area contributed by atoms with Crippen LogP contribution in [0.2, 0.25) is 0 Å². The Kier molecular flexibility index (Phi) is 6.82. The minimum atomic E-state index is -4.53. The highest BCUT2D eigenvalue weighted by Gasteiger charge is 2.36. The highest BCUT2D eigenvalue weighted by atomic mass is 31.2. The molecule has 0 saturated heterocycles. The van der Waals surface area contributed by atoms with E-state index in [0.717, 1.165) is 0 Å². The van der Waals surface area contributed by atoms with E-state index in [1.807, 2.05) is 6.92 Å². The predicted octanol–water partition coefficient (Wildman–Crippen LogP) is 1.20. The topological polar surface area (TPSA) is 122 Å². The van der Waals surface area contributed by atoms with Gasteiger partial charge in [0.25, 0.3) is 0 Å². The van der Waals surface area contributed by atoms with Crippen LogP contribution in [0.3, 0.4) is 0 Å². The third-order valence-corrected chi connectivity index (χ3v) is 2.61. The Morgan fingerprint density at radius 3 is 2.14 bits per heavy atom. The van der Waals surface area contributed by atoms with Gasteiger partial charge < -0.3 is 21.0 Å². The van der Waals surface area contributed by atoms with Gasteiger partial charge in [-0.25, -0.2) is 4.57 Å². The molecule has 6 nitrogen and oxygen atoms in total. The van der Waals surface area contributed by atoms with E-state index >= 15 is 0 Å². The summed E-state index contributed by atoms with van der Waals surface area (Å²) in [4.78, 5) is 17.2. The largest absolute Gasteiger partial charge is 0.470 e. The van der Waals surface area contributed by atoms with Crippen LogP contribution in [0.25, 0.3) is 0 Å². The van der Waals surface area contributed by atoms with Gasteiger partial charge in [0.05, 0.1) is 6.10 Å². The van der Waals surface area contributed by atoms with Gasteiger partial charge in [-0.15, -0.1) is 0 Å². The average molecular weight is 229 g/mol. The summed E-state index contributed by atoms with van der Waals surface area (Å²) in [6.45, 7) is 4.79. The summed E-state index contributed by atoms with van der Waals surface area (Å²) in [5.41, 5.74) is -1.17. The van der Waals surface area contributed by atoms with Crippen molar-refractivity contribution >= 4 is 7.82 Å². The summed E-state index contributed by atoms with van der Waals surface area (Å²) in [7, 11) is -4.53. The highest BCUT2D eigenvalue weighted by Crippen LogP contribution is 2.44. The molecule has 0 amide bonds. The van der Waals surface area contributed by atoms with Gasteiger partial charge in [0.15, 0.2) is 0 Å². The van der Waals surface area contributed by atoms with Gasteiger partial charge in [-0.2, -0.15) is 0 Å². The molecule has 0 aromatic carbocycles. The number of phosphoric acid groups is 1. The Hall–Kier alpha value is 0.0300. The first kappa shape index (κ1) is 16.5. The molecule has 7 heteroatoms. The van der Waals surface area contributed by atoms with Crippen molar-refractivity contribution in [2.45, 2.75) is 45.3 Å². The Labute approximate surface area is 84.1 Å². The lowest BCUT2D eigenvalue weighted by molar-refractivity contribution is -0.0536. The SMILES string of the molecule is CCCC(C)(OP(=O)(O)O)C(C)O.N. The first-order chi connectivity index (χ1) is 5.71. The minimum absolute atomic E-state index is 0. The summed E-state index contributed by atoms with van der Waals surface area (Å²) in [5, 5.41) is 9.30. The Morgan fingerprint density at radius 1 is 1.50 bits per heavy atom. The lowest BCUT2D eigenvalue weighted by Crippen LogP contribution is -2.39. The van der Waals surface area contributed by atoms with Crippen molar-refractivity contribution in [3.63, 3.8) is 0 Å². The maximum absolute atomic E-state index is 10.6. The number of aliphatic hydroxyl groups is 1. The van der Waals surface area contributed by atoms with Crippen LogP contribution in [-0.4, -0.2) is 26.6 Å². The molecule has 0 rings (SSSR count). The van der Waals surface area contributed by atoms with Gasteiger partial charge in [0.1, 0.15) is 5.60 Å². The van der Waals surface area contributed by atoms with Crippen molar-refractivity contribution in [3.05, 3.63) is 0 Å². The van der Waals surface area contributed by atoms with Gasteiger partial charge in [-0.3, -0.25) is 4.52 Å². The van der Waals surface area contributed by atoms with Gasteiger partial charge in [-0.1, -0.05) is 13.3 Å². The summed E-state index contributed by atoms with van der Waals surface area (Å²) in [6.07, 6.45) is 0.164. The van der Waals surface area contributed by atoms with Gasteiger partial charge >= 0.3 is 7.82 Å². The second kappa shape index (κ2) is 5.80. The number of rotatable bonds is 5. The van der Waals surface area contributed by atoms with Crippen molar-refractivity contribution in [2.24, 2.45) is 0 Å². The van der Waals surface area contributed by atoms with Crippen LogP contribution in [0.1, 0.15) is 33.6 Å². The average Bonchev–Trinajstić information content (AvgIpc) is 1.82. The van der Waals surface area contributed by atoms with Crippen molar-refractivity contribution in [2.75, 3.05) is 0 Å². The van der Waals surface area contributed by atoms with Crippen LogP contribution in [0.5, 0.6) is 0 Å². The summed E-state index contributed by atoms with van der Waals surface area (Å²) in [6, 6.07) is 0. The van der Waals surface area contributed by atoms with Crippen LogP contribution in [-0.2, 0) is 9.09 Å². The molecule has 0 aromatic heterocycles. The zero-order chi connectivity index (χ0) is 10.7. The smallest absolute Gasteiger partial charge is 0.390 e. The molecular formula is C7H20NO5P. The highest BCUT2D eigenvalue weighted by molar-refractivity contribution is 7.46. The van der Waals surface area contributed by atoms with Gasteiger partial charge in [-0.05, 0) is 20.3 Å². The van der Waals surface area contributed by atoms with Crippen molar-refractivity contribution in [3.8, 4) is 0 Å². The molecule has 2 atom stereocenters. The molecule has 0 aliphatic carbocycles. The van der Waals surface area contributed by atoms with Crippen molar-refractivity contribution in [1.29, 1.82) is 0 Å². The Balaban J connectivity index is 0. The molecule has 0 radical (unpaired) electrons. The van der Waals surface area contributed by atoms with E-state index in [2.05, 4.69) is 4.52 Å². The number of hydrogen-bond acceptors (Lipinski definition) is 4. The Bertz CT molecular complexity index is 204. The van der Waals surface area contributed by atoms with Crippen LogP contribution < -0.4 is 6.15 Å². The molecule has 14 heavy (non-hydrogen) atoms. The van der Waals surface area contributed by atoms with E-state index in [1.165, 1.54) is 13.8 Å². The fraction of sp³-hybridized carbons (Fsp3) is 1.00. The molecule has 0 saturated carbocycles. The number of hydrogen-bond donors (Lipinski definition) is 4. The minimum Gasteiger partial charge on any atom is -0.390 e. The second-order valence-electron chi connectivity index (χ2n) is 3.32. The standard InChI is InChI=1S/C7H17O5P.H3N/c1-4-5-7(3,6(2)8)12-13(9,10)11;/h6,8H,4-5H2,1-3H3,(H2,9,10,11);1H3. The lowest BCUT2D eigenvalue weighted by Gasteiger charge is -2.32. The molecule has 88 valence electrons. The monoisotopic (exact) mass is 229 g/mol. The molecule has 0 aliphatic heterocycles. The van der Waals surface area contributed by atoms with Crippen LogP contribution in [0.15, 0.2) is 0 Å². The summed E-state index contributed by atoms with van der Waals surface area (Å²) in [5.74, 6) is 0. The maximum Gasteiger partial charge on any atom is 0.470 e. The molecule has 6 N–H and O–H groups in total. The quantitative estimate of drug-likeness (QED) is 0.525. The number of aliphatic hydroxyl groups excluding tert-OH is 1. The zero-order valence-electron chi connectivity index (χ0n) is 8.80. The maximum atomic E-state index is 10.6. The zero-order valence-corrected chi connectivity index (χ0v) is 9.70. The van der Waals surface area contributed by atoms with E-state index in [4.69, 9.17) is 9.79 Å². The Morgan fingerprint density at radius 2 is 1.93 bits per heavy atom. The second-order valence-corrected chi connectivity index (χ2v) is 4.48. The summed E-state index contributed by atoms with van der Waals surface area (Å²) < 4.78 is 15.1. The van der Waals surface area contributed by atoms with E-state index in [0.29, 0.717) is 12.8 Å². The lowest BCUT2D eigenvalue weighted by atomic mass is 9.95. The molecule has 0 aromatic rings. The van der Waals surface area contributed by atoms with Crippen LogP contribution >= 0.6 is 7.82 Å². The molecule has 0 spiro atoms. The first-order valence-electron chi connectivity index (χ1n) is 4.15. The normalized spacial score (nSPS) is 18.1.